The summed E-state index contributed by atoms with van der Waals surface area (Å²) in [7, 11) is 0. The Balaban J connectivity index is 1.82. The van der Waals surface area contributed by atoms with Gasteiger partial charge in [0.05, 0.1) is 5.60 Å². The van der Waals surface area contributed by atoms with Gasteiger partial charge in [0.25, 0.3) is 0 Å². The zero-order valence-electron chi connectivity index (χ0n) is 12.7. The van der Waals surface area contributed by atoms with Crippen molar-refractivity contribution in [3.63, 3.8) is 0 Å². The van der Waals surface area contributed by atoms with Gasteiger partial charge < -0.3 is 4.74 Å². The Hall–Kier alpha value is -0.610. The van der Waals surface area contributed by atoms with Gasteiger partial charge in [-0.2, -0.15) is 0 Å². The summed E-state index contributed by atoms with van der Waals surface area (Å²) in [5, 5.41) is 0.785. The monoisotopic (exact) mass is 308 g/mol. The first kappa shape index (κ1) is 15.3. The molecule has 0 bridgehead atoms. The fourth-order valence-electron chi connectivity index (χ4n) is 4.17. The number of benzene rings is 1. The maximum atomic E-state index is 6.22. The molecule has 0 radical (unpaired) electrons. The van der Waals surface area contributed by atoms with Gasteiger partial charge in [-0.1, -0.05) is 30.5 Å². The van der Waals surface area contributed by atoms with E-state index in [1.54, 1.807) is 0 Å². The summed E-state index contributed by atoms with van der Waals surface area (Å²) in [6.07, 6.45) is 7.16. The molecule has 3 N–H and O–H groups in total. The van der Waals surface area contributed by atoms with Crippen molar-refractivity contribution in [2.24, 2.45) is 11.8 Å². The zero-order chi connectivity index (χ0) is 14.9. The van der Waals surface area contributed by atoms with Crippen LogP contribution in [0.5, 0.6) is 0 Å². The molecule has 4 heteroatoms. The molecule has 0 aromatic heterocycles. The number of hydrazine groups is 1. The lowest BCUT2D eigenvalue weighted by atomic mass is 9.78. The summed E-state index contributed by atoms with van der Waals surface area (Å²) in [5.41, 5.74) is 5.53. The highest BCUT2D eigenvalue weighted by Crippen LogP contribution is 2.45. The van der Waals surface area contributed by atoms with E-state index in [9.17, 15) is 0 Å². The second-order valence-corrected chi connectivity index (χ2v) is 7.13. The molecule has 1 saturated carbocycles. The van der Waals surface area contributed by atoms with Crippen molar-refractivity contribution < 1.29 is 4.74 Å². The van der Waals surface area contributed by atoms with Crippen LogP contribution in [0.1, 0.15) is 55.7 Å². The highest BCUT2D eigenvalue weighted by Gasteiger charge is 2.42. The molecule has 3 rings (SSSR count). The van der Waals surface area contributed by atoms with E-state index in [2.05, 4.69) is 18.4 Å². The van der Waals surface area contributed by atoms with E-state index in [0.29, 0.717) is 5.92 Å². The second-order valence-electron chi connectivity index (χ2n) is 6.70. The number of nitrogens with two attached hydrogens (primary N) is 1. The summed E-state index contributed by atoms with van der Waals surface area (Å²) in [4.78, 5) is 0. The minimum atomic E-state index is 0.117. The molecule has 1 aromatic carbocycles. The molecule has 1 heterocycles. The summed E-state index contributed by atoms with van der Waals surface area (Å²) < 4.78 is 6.14. The standard InChI is InChI=1S/C17H25ClN2O/c1-12-8-14(10-15(18)9-12)16(20-19)13-4-7-21-17(11-13)5-2-3-6-17/h8-10,13,16,20H,2-7,11,19H2,1H3. The first-order chi connectivity index (χ1) is 10.1. The molecule has 1 saturated heterocycles. The van der Waals surface area contributed by atoms with E-state index in [0.717, 1.165) is 24.5 Å². The molecule has 1 aliphatic carbocycles. The number of aryl methyl sites for hydroxylation is 1. The molecule has 3 nitrogen and oxygen atoms in total. The minimum Gasteiger partial charge on any atom is -0.375 e. The van der Waals surface area contributed by atoms with Crippen molar-refractivity contribution in [2.75, 3.05) is 6.61 Å². The van der Waals surface area contributed by atoms with Gasteiger partial charge >= 0.3 is 0 Å². The van der Waals surface area contributed by atoms with Crippen LogP contribution in [0.2, 0.25) is 5.02 Å². The normalized spacial score (nSPS) is 26.1. The van der Waals surface area contributed by atoms with E-state index in [4.69, 9.17) is 22.2 Å². The molecule has 1 spiro atoms. The minimum absolute atomic E-state index is 0.117. The average Bonchev–Trinajstić information content (AvgIpc) is 2.86. The maximum absolute atomic E-state index is 6.22. The predicted molar refractivity (Wildman–Crippen MR) is 86.1 cm³/mol. The lowest BCUT2D eigenvalue weighted by Crippen LogP contribution is -2.43. The van der Waals surface area contributed by atoms with Gasteiger partial charge in [0, 0.05) is 17.7 Å². The van der Waals surface area contributed by atoms with E-state index in [-0.39, 0.29) is 11.6 Å². The number of ether oxygens (including phenoxy) is 1. The Kier molecular flexibility index (Phi) is 4.55. The second kappa shape index (κ2) is 6.25. The van der Waals surface area contributed by atoms with E-state index in [1.165, 1.54) is 36.8 Å². The van der Waals surface area contributed by atoms with Crippen molar-refractivity contribution in [1.29, 1.82) is 0 Å². The van der Waals surface area contributed by atoms with Crippen LogP contribution >= 0.6 is 11.6 Å². The Morgan fingerprint density at radius 2 is 2.10 bits per heavy atom. The van der Waals surface area contributed by atoms with Crippen LogP contribution < -0.4 is 11.3 Å². The molecule has 116 valence electrons. The number of halogens is 1. The Morgan fingerprint density at radius 1 is 1.33 bits per heavy atom. The van der Waals surface area contributed by atoms with Crippen LogP contribution in [0.4, 0.5) is 0 Å². The molecule has 2 fully saturated rings. The lowest BCUT2D eigenvalue weighted by molar-refractivity contribution is -0.0982. The summed E-state index contributed by atoms with van der Waals surface area (Å²) in [6, 6.07) is 6.37. The molecule has 1 aromatic rings. The first-order valence-corrected chi connectivity index (χ1v) is 8.37. The van der Waals surface area contributed by atoms with Crippen LogP contribution in [-0.4, -0.2) is 12.2 Å². The van der Waals surface area contributed by atoms with Gasteiger partial charge in [-0.3, -0.25) is 11.3 Å². The third-order valence-electron chi connectivity index (χ3n) is 5.12. The average molecular weight is 309 g/mol. The van der Waals surface area contributed by atoms with Crippen molar-refractivity contribution in [3.8, 4) is 0 Å². The fourth-order valence-corrected chi connectivity index (χ4v) is 4.46. The summed E-state index contributed by atoms with van der Waals surface area (Å²) in [5.74, 6) is 6.40. The van der Waals surface area contributed by atoms with Crippen LogP contribution in [0.15, 0.2) is 18.2 Å². The zero-order valence-corrected chi connectivity index (χ0v) is 13.5. The maximum Gasteiger partial charge on any atom is 0.0686 e. The third-order valence-corrected chi connectivity index (χ3v) is 5.34. The highest BCUT2D eigenvalue weighted by molar-refractivity contribution is 6.30. The van der Waals surface area contributed by atoms with Crippen LogP contribution in [0.3, 0.4) is 0 Å². The Morgan fingerprint density at radius 3 is 2.76 bits per heavy atom. The van der Waals surface area contributed by atoms with Gasteiger partial charge in [0.2, 0.25) is 0 Å². The lowest BCUT2D eigenvalue weighted by Gasteiger charge is -2.41. The summed E-state index contributed by atoms with van der Waals surface area (Å²) >= 11 is 6.22. The molecule has 2 unspecified atom stereocenters. The molecule has 21 heavy (non-hydrogen) atoms. The SMILES string of the molecule is Cc1cc(Cl)cc(C(NN)C2CCOC3(CCCC3)C2)c1. The predicted octanol–water partition coefficient (Wildman–Crippen LogP) is 3.89. The van der Waals surface area contributed by atoms with Crippen LogP contribution in [0, 0.1) is 12.8 Å². The largest absolute Gasteiger partial charge is 0.375 e. The molecule has 2 aliphatic rings. The smallest absolute Gasteiger partial charge is 0.0686 e. The van der Waals surface area contributed by atoms with E-state index < -0.39 is 0 Å². The Labute approximate surface area is 132 Å². The van der Waals surface area contributed by atoms with E-state index in [1.807, 2.05) is 12.1 Å². The van der Waals surface area contributed by atoms with Gasteiger partial charge in [-0.25, -0.2) is 0 Å². The molecule has 2 atom stereocenters. The van der Waals surface area contributed by atoms with Crippen molar-refractivity contribution >= 4 is 11.6 Å². The molecule has 0 amide bonds. The van der Waals surface area contributed by atoms with Gasteiger partial charge in [0.1, 0.15) is 0 Å². The number of nitrogens with one attached hydrogen (secondary N) is 1. The first-order valence-electron chi connectivity index (χ1n) is 7.99. The van der Waals surface area contributed by atoms with Gasteiger partial charge in [0.15, 0.2) is 0 Å². The molecular formula is C17H25ClN2O. The van der Waals surface area contributed by atoms with Crippen molar-refractivity contribution in [2.45, 2.75) is 57.1 Å². The fraction of sp³-hybridized carbons (Fsp3) is 0.647. The quantitative estimate of drug-likeness (QED) is 0.658. The molecular weight excluding hydrogens is 284 g/mol. The van der Waals surface area contributed by atoms with Gasteiger partial charge in [-0.05, 0) is 61.8 Å². The van der Waals surface area contributed by atoms with Crippen molar-refractivity contribution in [3.05, 3.63) is 34.3 Å². The molecule has 1 aliphatic heterocycles. The third kappa shape index (κ3) is 3.26. The number of hydrogen-bond acceptors (Lipinski definition) is 3. The van der Waals surface area contributed by atoms with Crippen LogP contribution in [-0.2, 0) is 4.74 Å². The van der Waals surface area contributed by atoms with E-state index >= 15 is 0 Å². The van der Waals surface area contributed by atoms with Crippen LogP contribution in [0.25, 0.3) is 0 Å². The highest BCUT2D eigenvalue weighted by atomic mass is 35.5. The number of rotatable bonds is 3. The van der Waals surface area contributed by atoms with Gasteiger partial charge in [-0.15, -0.1) is 0 Å². The summed E-state index contributed by atoms with van der Waals surface area (Å²) in [6.45, 7) is 2.92. The van der Waals surface area contributed by atoms with Crippen molar-refractivity contribution in [1.82, 2.24) is 5.43 Å². The Bertz CT molecular complexity index is 479. The number of hydrogen-bond donors (Lipinski definition) is 2. The topological polar surface area (TPSA) is 47.3 Å².